The molecule has 0 aliphatic rings. The van der Waals surface area contributed by atoms with Gasteiger partial charge in [0.25, 0.3) is 0 Å². The molecule has 112 valence electrons. The molecule has 0 fully saturated rings. The highest BCUT2D eigenvalue weighted by Gasteiger charge is 2.06. The van der Waals surface area contributed by atoms with Crippen molar-refractivity contribution in [2.45, 2.75) is 44.0 Å². The van der Waals surface area contributed by atoms with Gasteiger partial charge >= 0.3 is 0 Å². The molecule has 21 heavy (non-hydrogen) atoms. The van der Waals surface area contributed by atoms with E-state index in [-0.39, 0.29) is 6.04 Å². The predicted molar refractivity (Wildman–Crippen MR) is 94.1 cm³/mol. The molecule has 0 heterocycles. The summed E-state index contributed by atoms with van der Waals surface area (Å²) in [5.74, 6) is 1.54. The van der Waals surface area contributed by atoms with E-state index in [2.05, 4.69) is 69.3 Å². The minimum Gasteiger partial charge on any atom is -0.327 e. The van der Waals surface area contributed by atoms with Crippen molar-refractivity contribution >= 4 is 11.8 Å². The number of hydrogen-bond donors (Lipinski definition) is 1. The normalized spacial score (nSPS) is 12.6. The van der Waals surface area contributed by atoms with Gasteiger partial charge in [-0.25, -0.2) is 0 Å². The Hall–Kier alpha value is -1.25. The average molecular weight is 299 g/mol. The zero-order valence-electron chi connectivity index (χ0n) is 13.2. The Bertz CT molecular complexity index is 543. The standard InChI is InChI=1S/C19H25NS/c1-14(2)17-8-6-16(7-9-17)12-18(20)13-21-19-10-4-15(3)5-11-19/h4-11,14,18H,12-13,20H2,1-3H3. The third-order valence-electron chi connectivity index (χ3n) is 3.63. The lowest BCUT2D eigenvalue weighted by Gasteiger charge is -2.12. The topological polar surface area (TPSA) is 26.0 Å². The van der Waals surface area contributed by atoms with Gasteiger partial charge in [0.2, 0.25) is 0 Å². The summed E-state index contributed by atoms with van der Waals surface area (Å²) in [6, 6.07) is 17.7. The molecule has 2 aromatic carbocycles. The molecule has 0 saturated carbocycles. The highest BCUT2D eigenvalue weighted by atomic mass is 32.2. The minimum atomic E-state index is 0.196. The Labute approximate surface area is 133 Å². The quantitative estimate of drug-likeness (QED) is 0.777. The first-order valence-corrected chi connectivity index (χ1v) is 8.57. The molecule has 2 rings (SSSR count). The van der Waals surface area contributed by atoms with Crippen LogP contribution in [0.15, 0.2) is 53.4 Å². The summed E-state index contributed by atoms with van der Waals surface area (Å²) in [4.78, 5) is 1.30. The van der Waals surface area contributed by atoms with Crippen molar-refractivity contribution in [2.75, 3.05) is 5.75 Å². The highest BCUT2D eigenvalue weighted by Crippen LogP contribution is 2.20. The van der Waals surface area contributed by atoms with Crippen molar-refractivity contribution in [1.29, 1.82) is 0 Å². The van der Waals surface area contributed by atoms with E-state index in [0.717, 1.165) is 12.2 Å². The maximum Gasteiger partial charge on any atom is 0.0174 e. The van der Waals surface area contributed by atoms with Crippen LogP contribution in [0.2, 0.25) is 0 Å². The molecule has 0 spiro atoms. The Morgan fingerprint density at radius 2 is 1.57 bits per heavy atom. The second-order valence-electron chi connectivity index (χ2n) is 5.98. The van der Waals surface area contributed by atoms with E-state index in [1.165, 1.54) is 21.6 Å². The molecule has 1 atom stereocenters. The van der Waals surface area contributed by atoms with Crippen LogP contribution in [0, 0.1) is 6.92 Å². The number of benzene rings is 2. The van der Waals surface area contributed by atoms with E-state index in [1.54, 1.807) is 0 Å². The summed E-state index contributed by atoms with van der Waals surface area (Å²) in [5.41, 5.74) is 10.3. The van der Waals surface area contributed by atoms with Crippen LogP contribution < -0.4 is 5.73 Å². The van der Waals surface area contributed by atoms with Gasteiger partial charge in [0.05, 0.1) is 0 Å². The molecular formula is C19H25NS. The monoisotopic (exact) mass is 299 g/mol. The van der Waals surface area contributed by atoms with Crippen molar-refractivity contribution in [1.82, 2.24) is 0 Å². The van der Waals surface area contributed by atoms with Crippen molar-refractivity contribution < 1.29 is 0 Å². The molecule has 0 saturated heterocycles. The van der Waals surface area contributed by atoms with Crippen LogP contribution in [-0.2, 0) is 6.42 Å². The zero-order chi connectivity index (χ0) is 15.2. The van der Waals surface area contributed by atoms with Crippen LogP contribution in [0.3, 0.4) is 0 Å². The second kappa shape index (κ2) is 7.67. The smallest absolute Gasteiger partial charge is 0.0174 e. The summed E-state index contributed by atoms with van der Waals surface area (Å²) in [6.45, 7) is 6.55. The predicted octanol–water partition coefficient (Wildman–Crippen LogP) is 4.78. The van der Waals surface area contributed by atoms with Gasteiger partial charge in [-0.2, -0.15) is 0 Å². The number of thioether (sulfide) groups is 1. The molecule has 2 N–H and O–H groups in total. The number of aryl methyl sites for hydroxylation is 1. The van der Waals surface area contributed by atoms with Crippen LogP contribution in [0.4, 0.5) is 0 Å². The molecule has 0 aromatic heterocycles. The molecule has 0 aliphatic heterocycles. The van der Waals surface area contributed by atoms with Gasteiger partial charge in [0.1, 0.15) is 0 Å². The van der Waals surface area contributed by atoms with E-state index in [1.807, 2.05) is 11.8 Å². The maximum atomic E-state index is 6.26. The third-order valence-corrected chi connectivity index (χ3v) is 4.83. The largest absolute Gasteiger partial charge is 0.327 e. The number of hydrogen-bond acceptors (Lipinski definition) is 2. The first-order chi connectivity index (χ1) is 10.0. The Morgan fingerprint density at radius 1 is 0.952 bits per heavy atom. The summed E-state index contributed by atoms with van der Waals surface area (Å²) in [5, 5.41) is 0. The Morgan fingerprint density at radius 3 is 2.14 bits per heavy atom. The number of nitrogens with two attached hydrogens (primary N) is 1. The van der Waals surface area contributed by atoms with Crippen molar-refractivity contribution in [3.05, 3.63) is 65.2 Å². The SMILES string of the molecule is Cc1ccc(SCC(N)Cc2ccc(C(C)C)cc2)cc1. The fraction of sp³-hybridized carbons (Fsp3) is 0.368. The van der Waals surface area contributed by atoms with Crippen molar-refractivity contribution in [3.63, 3.8) is 0 Å². The van der Waals surface area contributed by atoms with Gasteiger partial charge < -0.3 is 5.73 Å². The molecule has 2 aromatic rings. The molecule has 1 unspecified atom stereocenters. The van der Waals surface area contributed by atoms with Gasteiger partial charge in [-0.3, -0.25) is 0 Å². The van der Waals surface area contributed by atoms with Crippen LogP contribution in [0.1, 0.15) is 36.5 Å². The Balaban J connectivity index is 1.83. The van der Waals surface area contributed by atoms with Crippen LogP contribution in [0.25, 0.3) is 0 Å². The zero-order valence-corrected chi connectivity index (χ0v) is 14.0. The fourth-order valence-corrected chi connectivity index (χ4v) is 3.09. The lowest BCUT2D eigenvalue weighted by atomic mass is 10.00. The van der Waals surface area contributed by atoms with E-state index in [9.17, 15) is 0 Å². The summed E-state index contributed by atoms with van der Waals surface area (Å²) in [6.07, 6.45) is 0.942. The fourth-order valence-electron chi connectivity index (χ4n) is 2.24. The first kappa shape index (κ1) is 16.1. The molecule has 2 heteroatoms. The van der Waals surface area contributed by atoms with Crippen molar-refractivity contribution in [2.24, 2.45) is 5.73 Å². The highest BCUT2D eigenvalue weighted by molar-refractivity contribution is 7.99. The molecule has 0 aliphatic carbocycles. The second-order valence-corrected chi connectivity index (χ2v) is 7.08. The van der Waals surface area contributed by atoms with Crippen molar-refractivity contribution in [3.8, 4) is 0 Å². The minimum absolute atomic E-state index is 0.196. The number of rotatable bonds is 6. The summed E-state index contributed by atoms with van der Waals surface area (Å²) in [7, 11) is 0. The Kier molecular flexibility index (Phi) is 5.89. The molecule has 1 nitrogen and oxygen atoms in total. The molecule has 0 amide bonds. The lowest BCUT2D eigenvalue weighted by molar-refractivity contribution is 0.747. The van der Waals surface area contributed by atoms with E-state index in [4.69, 9.17) is 5.73 Å². The molecular weight excluding hydrogens is 274 g/mol. The third kappa shape index (κ3) is 5.22. The van der Waals surface area contributed by atoms with Gasteiger partial charge in [-0.15, -0.1) is 11.8 Å². The van der Waals surface area contributed by atoms with E-state index in [0.29, 0.717) is 5.92 Å². The maximum absolute atomic E-state index is 6.26. The lowest BCUT2D eigenvalue weighted by Crippen LogP contribution is -2.25. The average Bonchev–Trinajstić information content (AvgIpc) is 2.47. The molecule has 0 bridgehead atoms. The van der Waals surface area contributed by atoms with E-state index >= 15 is 0 Å². The van der Waals surface area contributed by atoms with Crippen LogP contribution in [-0.4, -0.2) is 11.8 Å². The summed E-state index contributed by atoms with van der Waals surface area (Å²) < 4.78 is 0. The van der Waals surface area contributed by atoms with Gasteiger partial charge in [-0.1, -0.05) is 55.8 Å². The summed E-state index contributed by atoms with van der Waals surface area (Å²) >= 11 is 1.84. The molecule has 0 radical (unpaired) electrons. The first-order valence-electron chi connectivity index (χ1n) is 7.58. The van der Waals surface area contributed by atoms with Gasteiger partial charge in [0.15, 0.2) is 0 Å². The van der Waals surface area contributed by atoms with Gasteiger partial charge in [-0.05, 0) is 42.5 Å². The van der Waals surface area contributed by atoms with Crippen LogP contribution >= 0.6 is 11.8 Å². The van der Waals surface area contributed by atoms with E-state index < -0.39 is 0 Å². The van der Waals surface area contributed by atoms with Gasteiger partial charge in [0, 0.05) is 16.7 Å². The van der Waals surface area contributed by atoms with Crippen LogP contribution in [0.5, 0.6) is 0 Å².